The zero-order valence-corrected chi connectivity index (χ0v) is 14.2. The fraction of sp³-hybridized carbons (Fsp3) is 0.316. The molecule has 1 aliphatic heterocycles. The van der Waals surface area contributed by atoms with E-state index in [9.17, 15) is 4.79 Å². The fourth-order valence-corrected chi connectivity index (χ4v) is 3.38. The SMILES string of the molecule is Cc1ccc(Cl)cc1NC(=O)N1CCC[C@H]1c1ccccc1C. The van der Waals surface area contributed by atoms with Crippen molar-refractivity contribution in [3.63, 3.8) is 0 Å². The maximum atomic E-state index is 12.7. The van der Waals surface area contributed by atoms with Crippen molar-refractivity contribution in [1.82, 2.24) is 4.90 Å². The molecule has 0 radical (unpaired) electrons. The molecule has 1 N–H and O–H groups in total. The zero-order valence-electron chi connectivity index (χ0n) is 13.5. The van der Waals surface area contributed by atoms with E-state index in [2.05, 4.69) is 24.4 Å². The molecule has 2 aromatic carbocycles. The summed E-state index contributed by atoms with van der Waals surface area (Å²) in [6, 6.07) is 13.9. The molecular weight excluding hydrogens is 308 g/mol. The minimum atomic E-state index is -0.0545. The van der Waals surface area contributed by atoms with Gasteiger partial charge in [0.2, 0.25) is 0 Å². The summed E-state index contributed by atoms with van der Waals surface area (Å²) in [4.78, 5) is 14.7. The molecule has 4 heteroatoms. The van der Waals surface area contributed by atoms with Crippen molar-refractivity contribution in [2.45, 2.75) is 32.7 Å². The number of nitrogens with one attached hydrogen (secondary N) is 1. The first-order valence-corrected chi connectivity index (χ1v) is 8.33. The fourth-order valence-electron chi connectivity index (χ4n) is 3.21. The van der Waals surface area contributed by atoms with Crippen LogP contribution in [-0.4, -0.2) is 17.5 Å². The molecule has 1 heterocycles. The number of rotatable bonds is 2. The number of aryl methyl sites for hydroxylation is 2. The van der Waals surface area contributed by atoms with Crippen molar-refractivity contribution in [3.8, 4) is 0 Å². The number of urea groups is 1. The Morgan fingerprint density at radius 1 is 1.17 bits per heavy atom. The van der Waals surface area contributed by atoms with Gasteiger partial charge in [0, 0.05) is 17.3 Å². The van der Waals surface area contributed by atoms with Gasteiger partial charge in [-0.2, -0.15) is 0 Å². The number of hydrogen-bond acceptors (Lipinski definition) is 1. The number of amides is 2. The third-order valence-electron chi connectivity index (χ3n) is 4.50. The minimum Gasteiger partial charge on any atom is -0.317 e. The van der Waals surface area contributed by atoms with Gasteiger partial charge >= 0.3 is 6.03 Å². The van der Waals surface area contributed by atoms with Crippen LogP contribution >= 0.6 is 11.6 Å². The second-order valence-corrected chi connectivity index (χ2v) is 6.53. The van der Waals surface area contributed by atoms with E-state index in [1.54, 1.807) is 6.07 Å². The van der Waals surface area contributed by atoms with Gasteiger partial charge < -0.3 is 10.2 Å². The lowest BCUT2D eigenvalue weighted by atomic mass is 9.99. The maximum absolute atomic E-state index is 12.7. The number of carbonyl (C=O) groups excluding carboxylic acids is 1. The van der Waals surface area contributed by atoms with E-state index in [1.165, 1.54) is 11.1 Å². The van der Waals surface area contributed by atoms with Crippen LogP contribution in [0.1, 0.15) is 35.6 Å². The average molecular weight is 329 g/mol. The van der Waals surface area contributed by atoms with Crippen LogP contribution < -0.4 is 5.32 Å². The molecule has 1 aliphatic rings. The topological polar surface area (TPSA) is 32.3 Å². The van der Waals surface area contributed by atoms with Crippen LogP contribution in [0.15, 0.2) is 42.5 Å². The smallest absolute Gasteiger partial charge is 0.317 e. The summed E-state index contributed by atoms with van der Waals surface area (Å²) in [5.41, 5.74) is 4.26. The molecule has 0 bridgehead atoms. The van der Waals surface area contributed by atoms with Crippen LogP contribution in [0.4, 0.5) is 10.5 Å². The van der Waals surface area contributed by atoms with Crippen LogP contribution in [0.5, 0.6) is 0 Å². The summed E-state index contributed by atoms with van der Waals surface area (Å²) in [7, 11) is 0. The van der Waals surface area contributed by atoms with E-state index >= 15 is 0 Å². The number of halogens is 1. The van der Waals surface area contributed by atoms with Gasteiger partial charge in [-0.3, -0.25) is 0 Å². The summed E-state index contributed by atoms with van der Waals surface area (Å²) in [5, 5.41) is 3.64. The van der Waals surface area contributed by atoms with Crippen LogP contribution in [0, 0.1) is 13.8 Å². The van der Waals surface area contributed by atoms with Gasteiger partial charge in [0.15, 0.2) is 0 Å². The van der Waals surface area contributed by atoms with Gasteiger partial charge in [0.05, 0.1) is 6.04 Å². The Bertz CT molecular complexity index is 729. The van der Waals surface area contributed by atoms with Crippen LogP contribution in [0.2, 0.25) is 5.02 Å². The van der Waals surface area contributed by atoms with Gasteiger partial charge in [-0.1, -0.05) is 41.9 Å². The second-order valence-electron chi connectivity index (χ2n) is 6.10. The molecule has 1 atom stereocenters. The minimum absolute atomic E-state index is 0.0545. The third-order valence-corrected chi connectivity index (χ3v) is 4.74. The van der Waals surface area contributed by atoms with E-state index in [1.807, 2.05) is 36.1 Å². The van der Waals surface area contributed by atoms with Gasteiger partial charge in [-0.05, 0) is 55.5 Å². The maximum Gasteiger partial charge on any atom is 0.322 e. The standard InChI is InChI=1S/C19H21ClN2O/c1-13-6-3-4-7-16(13)18-8-5-11-22(18)19(23)21-17-12-15(20)10-9-14(17)2/h3-4,6-7,9-10,12,18H,5,8,11H2,1-2H3,(H,21,23)/t18-/m0/s1. The molecule has 3 nitrogen and oxygen atoms in total. The molecule has 0 aromatic heterocycles. The van der Waals surface area contributed by atoms with E-state index in [0.29, 0.717) is 5.02 Å². The van der Waals surface area contributed by atoms with Gasteiger partial charge in [-0.15, -0.1) is 0 Å². The quantitative estimate of drug-likeness (QED) is 0.794. The highest BCUT2D eigenvalue weighted by molar-refractivity contribution is 6.31. The molecule has 0 saturated carbocycles. The molecule has 23 heavy (non-hydrogen) atoms. The average Bonchev–Trinajstić information content (AvgIpc) is 3.01. The predicted molar refractivity (Wildman–Crippen MR) is 95.1 cm³/mol. The molecule has 120 valence electrons. The Morgan fingerprint density at radius 2 is 1.96 bits per heavy atom. The van der Waals surface area contributed by atoms with Gasteiger partial charge in [0.1, 0.15) is 0 Å². The highest BCUT2D eigenvalue weighted by Crippen LogP contribution is 2.34. The largest absolute Gasteiger partial charge is 0.322 e. The molecular formula is C19H21ClN2O. The Morgan fingerprint density at radius 3 is 2.74 bits per heavy atom. The number of carbonyl (C=O) groups is 1. The third kappa shape index (κ3) is 3.35. The number of nitrogens with zero attached hydrogens (tertiary/aromatic N) is 1. The normalized spacial score (nSPS) is 17.3. The summed E-state index contributed by atoms with van der Waals surface area (Å²) in [6.07, 6.45) is 2.04. The Labute approximate surface area is 142 Å². The highest BCUT2D eigenvalue weighted by Gasteiger charge is 2.30. The lowest BCUT2D eigenvalue weighted by molar-refractivity contribution is 0.207. The molecule has 1 fully saturated rings. The number of hydrogen-bond donors (Lipinski definition) is 1. The second kappa shape index (κ2) is 6.63. The molecule has 2 amide bonds. The van der Waals surface area contributed by atoms with E-state index < -0.39 is 0 Å². The van der Waals surface area contributed by atoms with Crippen molar-refractivity contribution in [2.24, 2.45) is 0 Å². The zero-order chi connectivity index (χ0) is 16.4. The van der Waals surface area contributed by atoms with Crippen molar-refractivity contribution in [2.75, 3.05) is 11.9 Å². The van der Waals surface area contributed by atoms with Gasteiger partial charge in [0.25, 0.3) is 0 Å². The molecule has 1 saturated heterocycles. The predicted octanol–water partition coefficient (Wildman–Crippen LogP) is 5.33. The highest BCUT2D eigenvalue weighted by atomic mass is 35.5. The van der Waals surface area contributed by atoms with E-state index in [-0.39, 0.29) is 12.1 Å². The van der Waals surface area contributed by atoms with Gasteiger partial charge in [-0.25, -0.2) is 4.79 Å². The van der Waals surface area contributed by atoms with E-state index in [4.69, 9.17) is 11.6 Å². The number of benzene rings is 2. The number of anilines is 1. The van der Waals surface area contributed by atoms with E-state index in [0.717, 1.165) is 30.6 Å². The lowest BCUT2D eigenvalue weighted by Crippen LogP contribution is -2.34. The van der Waals surface area contributed by atoms with Crippen molar-refractivity contribution >= 4 is 23.3 Å². The van der Waals surface area contributed by atoms with Crippen molar-refractivity contribution in [1.29, 1.82) is 0 Å². The first kappa shape index (κ1) is 15.9. The van der Waals surface area contributed by atoms with Crippen molar-refractivity contribution < 1.29 is 4.79 Å². The number of likely N-dealkylation sites (tertiary alicyclic amines) is 1. The molecule has 3 rings (SSSR count). The lowest BCUT2D eigenvalue weighted by Gasteiger charge is -2.27. The van der Waals surface area contributed by atoms with Crippen LogP contribution in [0.3, 0.4) is 0 Å². The van der Waals surface area contributed by atoms with Crippen LogP contribution in [0.25, 0.3) is 0 Å². The molecule has 0 unspecified atom stereocenters. The monoisotopic (exact) mass is 328 g/mol. The van der Waals surface area contributed by atoms with Crippen LogP contribution in [-0.2, 0) is 0 Å². The summed E-state index contributed by atoms with van der Waals surface area (Å²) >= 11 is 6.04. The molecule has 0 spiro atoms. The first-order valence-electron chi connectivity index (χ1n) is 7.95. The Hall–Kier alpha value is -2.00. The first-order chi connectivity index (χ1) is 11.1. The molecule has 2 aromatic rings. The summed E-state index contributed by atoms with van der Waals surface area (Å²) in [6.45, 7) is 4.85. The summed E-state index contributed by atoms with van der Waals surface area (Å²) in [5.74, 6) is 0. The molecule has 0 aliphatic carbocycles. The Balaban J connectivity index is 1.81. The van der Waals surface area contributed by atoms with Crippen molar-refractivity contribution in [3.05, 3.63) is 64.2 Å². The Kier molecular flexibility index (Phi) is 4.58. The summed E-state index contributed by atoms with van der Waals surface area (Å²) < 4.78 is 0.